The number of rotatable bonds is 3. The van der Waals surface area contributed by atoms with Crippen LogP contribution in [0.5, 0.6) is 5.75 Å². The fourth-order valence-electron chi connectivity index (χ4n) is 2.56. The lowest BCUT2D eigenvalue weighted by Crippen LogP contribution is -2.24. The molecule has 3 heteroatoms. The summed E-state index contributed by atoms with van der Waals surface area (Å²) in [6.45, 7) is 4.93. The quantitative estimate of drug-likeness (QED) is 0.905. The Balaban J connectivity index is 1.65. The normalized spacial score (nSPS) is 16.6. The molecule has 0 fully saturated rings. The molecule has 20 heavy (non-hydrogen) atoms. The zero-order chi connectivity index (χ0) is 14.1. The molecular weight excluding hydrogens is 270 g/mol. The molecule has 3 rings (SSSR count). The van der Waals surface area contributed by atoms with E-state index >= 15 is 0 Å². The van der Waals surface area contributed by atoms with E-state index in [-0.39, 0.29) is 6.10 Å². The van der Waals surface area contributed by atoms with Crippen LogP contribution in [0.25, 0.3) is 0 Å². The van der Waals surface area contributed by atoms with Gasteiger partial charge in [-0.25, -0.2) is 0 Å². The highest BCUT2D eigenvalue weighted by Gasteiger charge is 2.22. The van der Waals surface area contributed by atoms with Crippen molar-refractivity contribution in [3.8, 4) is 5.75 Å². The van der Waals surface area contributed by atoms with Gasteiger partial charge in [-0.3, -0.25) is 0 Å². The Hall–Kier alpha value is -1.67. The van der Waals surface area contributed by atoms with Crippen LogP contribution in [0.15, 0.2) is 36.4 Å². The SMILES string of the molecule is Cc1ccc2c(c1)CC(CNc1cc(C)ccc1Cl)O2. The third kappa shape index (κ3) is 2.75. The summed E-state index contributed by atoms with van der Waals surface area (Å²) < 4.78 is 5.95. The molecule has 2 aromatic rings. The van der Waals surface area contributed by atoms with Crippen molar-refractivity contribution in [1.29, 1.82) is 0 Å². The van der Waals surface area contributed by atoms with E-state index in [2.05, 4.69) is 43.4 Å². The van der Waals surface area contributed by atoms with Crippen LogP contribution >= 0.6 is 11.6 Å². The first-order valence-corrected chi connectivity index (χ1v) is 7.26. The van der Waals surface area contributed by atoms with Crippen LogP contribution in [0.1, 0.15) is 16.7 Å². The molecule has 1 aliphatic rings. The number of ether oxygens (including phenoxy) is 1. The molecule has 0 aromatic heterocycles. The number of benzene rings is 2. The summed E-state index contributed by atoms with van der Waals surface area (Å²) in [7, 11) is 0. The summed E-state index contributed by atoms with van der Waals surface area (Å²) in [6.07, 6.45) is 1.12. The molecule has 1 heterocycles. The average molecular weight is 288 g/mol. The summed E-state index contributed by atoms with van der Waals surface area (Å²) in [5.41, 5.74) is 4.75. The Morgan fingerprint density at radius 2 is 1.90 bits per heavy atom. The van der Waals surface area contributed by atoms with Crippen LogP contribution in [-0.4, -0.2) is 12.6 Å². The molecule has 2 nitrogen and oxygen atoms in total. The van der Waals surface area contributed by atoms with Crippen molar-refractivity contribution >= 4 is 17.3 Å². The molecular formula is C17H18ClNO. The fraction of sp³-hybridized carbons (Fsp3) is 0.294. The smallest absolute Gasteiger partial charge is 0.123 e. The number of hydrogen-bond donors (Lipinski definition) is 1. The van der Waals surface area contributed by atoms with E-state index in [4.69, 9.17) is 16.3 Å². The van der Waals surface area contributed by atoms with Gasteiger partial charge >= 0.3 is 0 Å². The second-order valence-corrected chi connectivity index (χ2v) is 5.83. The minimum Gasteiger partial charge on any atom is -0.488 e. The molecule has 0 saturated carbocycles. The molecule has 1 N–H and O–H groups in total. The topological polar surface area (TPSA) is 21.3 Å². The fourth-order valence-corrected chi connectivity index (χ4v) is 2.75. The second kappa shape index (κ2) is 5.37. The Morgan fingerprint density at radius 1 is 1.15 bits per heavy atom. The summed E-state index contributed by atoms with van der Waals surface area (Å²) in [5, 5.41) is 4.14. The van der Waals surface area contributed by atoms with Crippen LogP contribution in [0.2, 0.25) is 5.02 Å². The third-order valence-corrected chi connectivity index (χ3v) is 3.93. The van der Waals surface area contributed by atoms with E-state index in [1.165, 1.54) is 16.7 Å². The maximum absolute atomic E-state index is 6.19. The minimum absolute atomic E-state index is 0.170. The third-order valence-electron chi connectivity index (χ3n) is 3.60. The first kappa shape index (κ1) is 13.3. The van der Waals surface area contributed by atoms with Gasteiger partial charge < -0.3 is 10.1 Å². The molecule has 0 radical (unpaired) electrons. The number of hydrogen-bond acceptors (Lipinski definition) is 2. The number of aryl methyl sites for hydroxylation is 2. The van der Waals surface area contributed by atoms with Gasteiger partial charge in [-0.05, 0) is 43.2 Å². The zero-order valence-corrected chi connectivity index (χ0v) is 12.5. The first-order valence-electron chi connectivity index (χ1n) is 6.88. The number of halogens is 1. The molecule has 1 unspecified atom stereocenters. The van der Waals surface area contributed by atoms with Gasteiger partial charge in [0.2, 0.25) is 0 Å². The van der Waals surface area contributed by atoms with Gasteiger partial charge in [0.15, 0.2) is 0 Å². The van der Waals surface area contributed by atoms with Crippen LogP contribution in [0, 0.1) is 13.8 Å². The van der Waals surface area contributed by atoms with Gasteiger partial charge in [0.1, 0.15) is 11.9 Å². The summed E-state index contributed by atoms with van der Waals surface area (Å²) in [6, 6.07) is 12.4. The predicted molar refractivity (Wildman–Crippen MR) is 84.0 cm³/mol. The van der Waals surface area contributed by atoms with Crippen LogP contribution in [0.3, 0.4) is 0 Å². The number of fused-ring (bicyclic) bond motifs is 1. The van der Waals surface area contributed by atoms with Crippen LogP contribution in [0.4, 0.5) is 5.69 Å². The van der Waals surface area contributed by atoms with Gasteiger partial charge in [-0.2, -0.15) is 0 Å². The highest BCUT2D eigenvalue weighted by Crippen LogP contribution is 2.30. The largest absolute Gasteiger partial charge is 0.488 e. The molecule has 0 amide bonds. The maximum atomic E-state index is 6.19. The Morgan fingerprint density at radius 3 is 2.75 bits per heavy atom. The van der Waals surface area contributed by atoms with Crippen molar-refractivity contribution in [2.45, 2.75) is 26.4 Å². The molecule has 0 bridgehead atoms. The lowest BCUT2D eigenvalue weighted by Gasteiger charge is -2.14. The average Bonchev–Trinajstić information content (AvgIpc) is 2.81. The standard InChI is InChI=1S/C17H18ClNO/c1-11-4-6-17-13(7-11)9-14(20-17)10-19-16-8-12(2)3-5-15(16)18/h3-8,14,19H,9-10H2,1-2H3. The van der Waals surface area contributed by atoms with Crippen molar-refractivity contribution in [1.82, 2.24) is 0 Å². The molecule has 1 aliphatic heterocycles. The lowest BCUT2D eigenvalue weighted by molar-refractivity contribution is 0.246. The summed E-state index contributed by atoms with van der Waals surface area (Å²) in [5.74, 6) is 1.01. The molecule has 0 aliphatic carbocycles. The monoisotopic (exact) mass is 287 g/mol. The Kier molecular flexibility index (Phi) is 3.58. The van der Waals surface area contributed by atoms with Crippen molar-refractivity contribution in [3.05, 3.63) is 58.1 Å². The zero-order valence-electron chi connectivity index (χ0n) is 11.7. The second-order valence-electron chi connectivity index (χ2n) is 5.42. The van der Waals surface area contributed by atoms with Crippen molar-refractivity contribution in [3.63, 3.8) is 0 Å². The minimum atomic E-state index is 0.170. The van der Waals surface area contributed by atoms with Gasteiger partial charge in [0.25, 0.3) is 0 Å². The van der Waals surface area contributed by atoms with Crippen LogP contribution in [-0.2, 0) is 6.42 Å². The van der Waals surface area contributed by atoms with E-state index in [0.29, 0.717) is 0 Å². The van der Waals surface area contributed by atoms with E-state index in [0.717, 1.165) is 29.4 Å². The summed E-state index contributed by atoms with van der Waals surface area (Å²) in [4.78, 5) is 0. The number of anilines is 1. The Labute approximate surface area is 124 Å². The van der Waals surface area contributed by atoms with Crippen molar-refractivity contribution in [2.75, 3.05) is 11.9 Å². The van der Waals surface area contributed by atoms with Crippen molar-refractivity contribution in [2.24, 2.45) is 0 Å². The molecule has 0 spiro atoms. The van der Waals surface area contributed by atoms with E-state index in [9.17, 15) is 0 Å². The number of nitrogens with one attached hydrogen (secondary N) is 1. The van der Waals surface area contributed by atoms with Gasteiger partial charge in [-0.15, -0.1) is 0 Å². The molecule has 2 aromatic carbocycles. The van der Waals surface area contributed by atoms with Gasteiger partial charge in [0.05, 0.1) is 17.3 Å². The highest BCUT2D eigenvalue weighted by atomic mass is 35.5. The van der Waals surface area contributed by atoms with Crippen molar-refractivity contribution < 1.29 is 4.74 Å². The van der Waals surface area contributed by atoms with Crippen LogP contribution < -0.4 is 10.1 Å². The molecule has 1 atom stereocenters. The van der Waals surface area contributed by atoms with Gasteiger partial charge in [0, 0.05) is 6.42 Å². The maximum Gasteiger partial charge on any atom is 0.123 e. The molecule has 0 saturated heterocycles. The van der Waals surface area contributed by atoms with Gasteiger partial charge in [-0.1, -0.05) is 35.4 Å². The molecule has 104 valence electrons. The Bertz CT molecular complexity index is 639. The van der Waals surface area contributed by atoms with E-state index in [1.807, 2.05) is 12.1 Å². The summed E-state index contributed by atoms with van der Waals surface area (Å²) >= 11 is 6.19. The van der Waals surface area contributed by atoms with E-state index in [1.54, 1.807) is 0 Å². The first-order chi connectivity index (χ1) is 9.61. The highest BCUT2D eigenvalue weighted by molar-refractivity contribution is 6.33. The van der Waals surface area contributed by atoms with E-state index < -0.39 is 0 Å². The predicted octanol–water partition coefficient (Wildman–Crippen LogP) is 4.37. The lowest BCUT2D eigenvalue weighted by atomic mass is 10.1.